The first-order valence-electron chi connectivity index (χ1n) is 8.31. The number of aromatic hydroxyl groups is 1. The van der Waals surface area contributed by atoms with E-state index >= 15 is 0 Å². The number of carbonyl (C=O) groups is 1. The minimum atomic E-state index is -0.639. The lowest BCUT2D eigenvalue weighted by molar-refractivity contribution is 0.0683. The molecular weight excluding hydrogens is 368 g/mol. The predicted molar refractivity (Wildman–Crippen MR) is 99.6 cm³/mol. The van der Waals surface area contributed by atoms with Gasteiger partial charge in [-0.05, 0) is 17.7 Å². The van der Waals surface area contributed by atoms with Crippen molar-refractivity contribution in [3.05, 3.63) is 75.6 Å². The van der Waals surface area contributed by atoms with E-state index in [0.717, 1.165) is 5.56 Å². The van der Waals surface area contributed by atoms with Gasteiger partial charge in [-0.1, -0.05) is 23.7 Å². The largest absolute Gasteiger partial charge is 0.503 e. The summed E-state index contributed by atoms with van der Waals surface area (Å²) in [5.74, 6) is -0.972. The number of aromatic nitrogens is 3. The average Bonchev–Trinajstić information content (AvgIpc) is 2.67. The monoisotopic (exact) mass is 382 g/mol. The summed E-state index contributed by atoms with van der Waals surface area (Å²) in [5.41, 5.74) is 0.783. The summed E-state index contributed by atoms with van der Waals surface area (Å²) >= 11 is 6.00. The van der Waals surface area contributed by atoms with E-state index in [1.165, 1.54) is 18.6 Å². The van der Waals surface area contributed by atoms with Crippen molar-refractivity contribution in [2.75, 3.05) is 6.54 Å². The zero-order valence-corrected chi connectivity index (χ0v) is 14.9. The molecule has 3 heterocycles. The van der Waals surface area contributed by atoms with Crippen LogP contribution in [-0.4, -0.2) is 37.0 Å². The van der Waals surface area contributed by atoms with Crippen LogP contribution in [0.25, 0.3) is 11.3 Å². The summed E-state index contributed by atoms with van der Waals surface area (Å²) < 4.78 is 1.59. The lowest BCUT2D eigenvalue weighted by Gasteiger charge is -2.30. The Balaban J connectivity index is 1.71. The number of hydrogen-bond donors (Lipinski definition) is 1. The maximum Gasteiger partial charge on any atom is 0.274 e. The smallest absolute Gasteiger partial charge is 0.274 e. The van der Waals surface area contributed by atoms with Crippen LogP contribution in [0, 0.1) is 0 Å². The third kappa shape index (κ3) is 3.17. The molecule has 4 rings (SSSR count). The Morgan fingerprint density at radius 3 is 2.78 bits per heavy atom. The van der Waals surface area contributed by atoms with Gasteiger partial charge < -0.3 is 14.6 Å². The van der Waals surface area contributed by atoms with Crippen molar-refractivity contribution in [1.29, 1.82) is 0 Å². The highest BCUT2D eigenvalue weighted by molar-refractivity contribution is 6.30. The topological polar surface area (TPSA) is 88.3 Å². The average molecular weight is 383 g/mol. The van der Waals surface area contributed by atoms with Crippen molar-refractivity contribution < 1.29 is 9.90 Å². The van der Waals surface area contributed by atoms with Gasteiger partial charge in [-0.15, -0.1) is 0 Å². The predicted octanol–water partition coefficient (Wildman–Crippen LogP) is 2.32. The van der Waals surface area contributed by atoms with Crippen LogP contribution in [0.15, 0.2) is 53.8 Å². The summed E-state index contributed by atoms with van der Waals surface area (Å²) in [5, 5.41) is 11.0. The number of halogens is 1. The van der Waals surface area contributed by atoms with Gasteiger partial charge in [-0.25, -0.2) is 0 Å². The molecule has 0 fully saturated rings. The van der Waals surface area contributed by atoms with Crippen LogP contribution in [0.3, 0.4) is 0 Å². The van der Waals surface area contributed by atoms with Gasteiger partial charge in [0.2, 0.25) is 5.43 Å². The van der Waals surface area contributed by atoms with Gasteiger partial charge in [0.1, 0.15) is 0 Å². The first-order valence-corrected chi connectivity index (χ1v) is 8.69. The zero-order valence-electron chi connectivity index (χ0n) is 14.2. The van der Waals surface area contributed by atoms with E-state index in [-0.39, 0.29) is 11.3 Å². The molecule has 3 aromatic rings. The molecule has 1 aliphatic rings. The Bertz CT molecular complexity index is 1080. The quantitative estimate of drug-likeness (QED) is 0.751. The lowest BCUT2D eigenvalue weighted by Crippen LogP contribution is -2.41. The Labute approximate surface area is 159 Å². The summed E-state index contributed by atoms with van der Waals surface area (Å²) in [6.45, 7) is 1.24. The van der Waals surface area contributed by atoms with E-state index in [1.807, 2.05) is 12.1 Å². The maximum atomic E-state index is 12.9. The van der Waals surface area contributed by atoms with Gasteiger partial charge >= 0.3 is 0 Å². The van der Waals surface area contributed by atoms with E-state index in [0.29, 0.717) is 30.4 Å². The molecule has 0 saturated heterocycles. The number of pyridine rings is 1. The van der Waals surface area contributed by atoms with Crippen LogP contribution in [0.2, 0.25) is 5.02 Å². The van der Waals surface area contributed by atoms with Crippen LogP contribution in [0.4, 0.5) is 0 Å². The SMILES string of the molecule is O=C1c2c(O)c(=O)c(-c3cnccn3)cn2CCN1Cc1cccc(Cl)c1. The third-order valence-corrected chi connectivity index (χ3v) is 4.69. The highest BCUT2D eigenvalue weighted by Crippen LogP contribution is 2.25. The lowest BCUT2D eigenvalue weighted by atomic mass is 10.1. The van der Waals surface area contributed by atoms with Crippen LogP contribution in [-0.2, 0) is 13.1 Å². The fraction of sp³-hybridized carbons (Fsp3) is 0.158. The van der Waals surface area contributed by atoms with Crippen LogP contribution in [0.5, 0.6) is 5.75 Å². The van der Waals surface area contributed by atoms with Gasteiger partial charge in [0.25, 0.3) is 5.91 Å². The molecule has 0 bridgehead atoms. The number of fused-ring (bicyclic) bond motifs is 1. The summed E-state index contributed by atoms with van der Waals surface area (Å²) in [7, 11) is 0. The van der Waals surface area contributed by atoms with Gasteiger partial charge in [0.15, 0.2) is 11.4 Å². The van der Waals surface area contributed by atoms with E-state index < -0.39 is 17.1 Å². The Morgan fingerprint density at radius 1 is 1.19 bits per heavy atom. The molecule has 8 heteroatoms. The van der Waals surface area contributed by atoms with Crippen molar-refractivity contribution in [3.8, 4) is 17.0 Å². The Morgan fingerprint density at radius 2 is 2.04 bits per heavy atom. The number of amides is 1. The molecule has 0 radical (unpaired) electrons. The molecule has 0 unspecified atom stereocenters. The molecule has 1 amide bonds. The van der Waals surface area contributed by atoms with Crippen molar-refractivity contribution >= 4 is 17.5 Å². The van der Waals surface area contributed by atoms with Crippen molar-refractivity contribution in [2.45, 2.75) is 13.1 Å². The standard InChI is InChI=1S/C19H15ClN4O3/c20-13-3-1-2-12(8-13)10-24-7-6-23-11-14(15-9-21-4-5-22-15)17(25)18(26)16(23)19(24)27/h1-5,8-9,11,26H,6-7,10H2. The Hall–Kier alpha value is -3.19. The second kappa shape index (κ2) is 6.85. The van der Waals surface area contributed by atoms with Crippen molar-refractivity contribution in [3.63, 3.8) is 0 Å². The molecule has 2 aromatic heterocycles. The third-order valence-electron chi connectivity index (χ3n) is 4.46. The molecule has 0 spiro atoms. The fourth-order valence-electron chi connectivity index (χ4n) is 3.16. The van der Waals surface area contributed by atoms with Crippen molar-refractivity contribution in [1.82, 2.24) is 19.4 Å². The highest BCUT2D eigenvalue weighted by atomic mass is 35.5. The van der Waals surface area contributed by atoms with E-state index in [1.54, 1.807) is 27.8 Å². The first-order chi connectivity index (χ1) is 13.0. The first kappa shape index (κ1) is 17.2. The minimum absolute atomic E-state index is 0.0130. The molecule has 7 nitrogen and oxygen atoms in total. The number of benzene rings is 1. The van der Waals surface area contributed by atoms with Crippen molar-refractivity contribution in [2.24, 2.45) is 0 Å². The minimum Gasteiger partial charge on any atom is -0.503 e. The molecule has 1 aromatic carbocycles. The number of hydrogen-bond acceptors (Lipinski definition) is 5. The molecule has 0 aliphatic carbocycles. The molecule has 0 atom stereocenters. The summed E-state index contributed by atoms with van der Waals surface area (Å²) in [6.07, 6.45) is 5.96. The second-order valence-corrected chi connectivity index (χ2v) is 6.65. The van der Waals surface area contributed by atoms with Gasteiger partial charge in [-0.3, -0.25) is 19.6 Å². The number of carbonyl (C=O) groups excluding carboxylic acids is 1. The Kier molecular flexibility index (Phi) is 4.37. The molecular formula is C19H15ClN4O3. The molecule has 136 valence electrons. The molecule has 1 N–H and O–H groups in total. The van der Waals surface area contributed by atoms with Crippen LogP contribution >= 0.6 is 11.6 Å². The number of rotatable bonds is 3. The normalized spacial score (nSPS) is 13.5. The van der Waals surface area contributed by atoms with Gasteiger partial charge in [0, 0.05) is 43.2 Å². The maximum absolute atomic E-state index is 12.9. The van der Waals surface area contributed by atoms with E-state index in [4.69, 9.17) is 11.6 Å². The van der Waals surface area contributed by atoms with Gasteiger partial charge in [-0.2, -0.15) is 0 Å². The zero-order chi connectivity index (χ0) is 19.0. The van der Waals surface area contributed by atoms with Crippen LogP contribution in [0.1, 0.15) is 16.1 Å². The molecule has 0 saturated carbocycles. The second-order valence-electron chi connectivity index (χ2n) is 6.21. The summed E-state index contributed by atoms with van der Waals surface area (Å²) in [6, 6.07) is 7.23. The molecule has 27 heavy (non-hydrogen) atoms. The van der Waals surface area contributed by atoms with Crippen LogP contribution < -0.4 is 5.43 Å². The fourth-order valence-corrected chi connectivity index (χ4v) is 3.37. The summed E-state index contributed by atoms with van der Waals surface area (Å²) in [4.78, 5) is 35.1. The molecule has 1 aliphatic heterocycles. The van der Waals surface area contributed by atoms with E-state index in [9.17, 15) is 14.7 Å². The number of nitrogens with zero attached hydrogens (tertiary/aromatic N) is 4. The highest BCUT2D eigenvalue weighted by Gasteiger charge is 2.30. The van der Waals surface area contributed by atoms with E-state index in [2.05, 4.69) is 9.97 Å². The van der Waals surface area contributed by atoms with Gasteiger partial charge in [0.05, 0.1) is 17.5 Å².